The van der Waals surface area contributed by atoms with E-state index in [0.29, 0.717) is 0 Å². The van der Waals surface area contributed by atoms with E-state index in [-0.39, 0.29) is 199 Å². The molecule has 0 fully saturated rings. The van der Waals surface area contributed by atoms with Crippen LogP contribution >= 0.6 is 0 Å². The Bertz CT molecular complexity index is 6.88. The first kappa shape index (κ1) is 79.7. The van der Waals surface area contributed by atoms with Crippen LogP contribution in [0.2, 0.25) is 0 Å². The van der Waals surface area contributed by atoms with Gasteiger partial charge in [0, 0.05) is 199 Å². The number of hydrogen-bond donors (Lipinski definition) is 0. The molecule has 0 heterocycles. The molecular weight excluding hydrogens is 691 g/mol. The molecule has 78 valence electrons. The molecule has 0 aliphatic rings. The van der Waals surface area contributed by atoms with Gasteiger partial charge in [-0.15, -0.1) is 0 Å². The van der Waals surface area contributed by atoms with Crippen LogP contribution in [0.3, 0.4) is 0 Å². The van der Waals surface area contributed by atoms with Crippen molar-refractivity contribution in [3.05, 3.63) is 0 Å². The molecule has 0 aromatic carbocycles. The molecule has 0 aromatic heterocycles. The summed E-state index contributed by atoms with van der Waals surface area (Å²) in [6.45, 7) is 0. The Morgan fingerprint density at radius 3 is 0.222 bits per heavy atom. The Labute approximate surface area is 193 Å². The van der Waals surface area contributed by atoms with Crippen LogP contribution in [-0.4, -0.2) is 0 Å². The minimum atomic E-state index is 0. The third kappa shape index (κ3) is 54.9. The molecule has 0 rings (SSSR count). The van der Waals surface area contributed by atoms with E-state index in [1.165, 1.54) is 0 Å². The molecular formula is Ce2Ni7. The fourth-order valence-electron chi connectivity index (χ4n) is 0. The molecule has 0 amide bonds. The Morgan fingerprint density at radius 2 is 0.222 bits per heavy atom. The van der Waals surface area contributed by atoms with Gasteiger partial charge in [0.15, 0.2) is 0 Å². The van der Waals surface area contributed by atoms with Crippen LogP contribution in [0.15, 0.2) is 0 Å². The summed E-state index contributed by atoms with van der Waals surface area (Å²) in [5.41, 5.74) is 0. The van der Waals surface area contributed by atoms with Gasteiger partial charge in [0.1, 0.15) is 0 Å². The Hall–Kier alpha value is 6.21. The predicted octanol–water partition coefficient (Wildman–Crippen LogP) is -0.0175. The van der Waals surface area contributed by atoms with Gasteiger partial charge >= 0.3 is 0 Å². The summed E-state index contributed by atoms with van der Waals surface area (Å²) in [6.07, 6.45) is 0. The standard InChI is InChI=1S/2Ce.7Ni. The molecule has 0 atom stereocenters. The van der Waals surface area contributed by atoms with Crippen molar-refractivity contribution in [2.45, 2.75) is 0 Å². The van der Waals surface area contributed by atoms with Gasteiger partial charge < -0.3 is 0 Å². The zero-order chi connectivity index (χ0) is 0. The van der Waals surface area contributed by atoms with Crippen LogP contribution in [0.4, 0.5) is 0 Å². The zero-order valence-corrected chi connectivity index (χ0v) is 16.4. The van der Waals surface area contributed by atoms with Gasteiger partial charge in [-0.3, -0.25) is 0 Å². The first-order chi connectivity index (χ1) is 0. The van der Waals surface area contributed by atoms with Gasteiger partial charge in [-0.25, -0.2) is 0 Å². The molecule has 0 aliphatic heterocycles. The number of hydrogen-bond acceptors (Lipinski definition) is 0. The molecule has 0 spiro atoms. The van der Waals surface area contributed by atoms with Crippen molar-refractivity contribution in [3.63, 3.8) is 0 Å². The van der Waals surface area contributed by atoms with Crippen LogP contribution < -0.4 is 0 Å². The Morgan fingerprint density at radius 1 is 0.222 bits per heavy atom. The van der Waals surface area contributed by atoms with Gasteiger partial charge in [0.25, 0.3) is 0 Å². The smallest absolute Gasteiger partial charge is 0 e. The molecule has 0 saturated heterocycles. The second kappa shape index (κ2) is 64.3. The van der Waals surface area contributed by atoms with Crippen molar-refractivity contribution in [1.29, 1.82) is 0 Å². The predicted molar refractivity (Wildman–Crippen MR) is 0 cm³/mol. The minimum Gasteiger partial charge on any atom is 0 e. The number of rotatable bonds is 0. The maximum Gasteiger partial charge on any atom is 0 e. The van der Waals surface area contributed by atoms with E-state index in [9.17, 15) is 0 Å². The molecule has 0 N–H and O–H groups in total. The fraction of sp³-hybridized carbons (Fsp3) is 0. The van der Waals surface area contributed by atoms with Crippen molar-refractivity contribution >= 4 is 0 Å². The Kier molecular flexibility index (Phi) is 569. The topological polar surface area (TPSA) is 0 Å². The second-order valence-corrected chi connectivity index (χ2v) is 0. The molecule has 0 aliphatic carbocycles. The summed E-state index contributed by atoms with van der Waals surface area (Å²) < 4.78 is 0. The van der Waals surface area contributed by atoms with Crippen molar-refractivity contribution in [2.24, 2.45) is 0 Å². The van der Waals surface area contributed by atoms with Crippen molar-refractivity contribution in [1.82, 2.24) is 0 Å². The molecule has 0 nitrogen and oxygen atoms in total. The van der Waals surface area contributed by atoms with Gasteiger partial charge in [0.2, 0.25) is 0 Å². The van der Waals surface area contributed by atoms with Crippen LogP contribution in [0.25, 0.3) is 0 Å². The first-order valence-corrected chi connectivity index (χ1v) is 0. The fourth-order valence-corrected chi connectivity index (χ4v) is 0. The minimum absolute atomic E-state index is 0. The van der Waals surface area contributed by atoms with Crippen LogP contribution in [0.5, 0.6) is 0 Å². The average molecular weight is 691 g/mol. The van der Waals surface area contributed by atoms with Crippen molar-refractivity contribution < 1.29 is 199 Å². The Balaban J connectivity index is 0. The van der Waals surface area contributed by atoms with Gasteiger partial charge in [0.05, 0.1) is 0 Å². The van der Waals surface area contributed by atoms with Crippen LogP contribution in [-0.2, 0) is 115 Å². The monoisotopic (exact) mass is 685 g/mol. The van der Waals surface area contributed by atoms with E-state index in [1.807, 2.05) is 0 Å². The van der Waals surface area contributed by atoms with E-state index in [4.69, 9.17) is 0 Å². The summed E-state index contributed by atoms with van der Waals surface area (Å²) in [6, 6.07) is 0. The molecule has 0 aromatic rings. The molecule has 0 saturated carbocycles. The third-order valence-electron chi connectivity index (χ3n) is 0. The molecule has 0 unspecified atom stereocenters. The van der Waals surface area contributed by atoms with E-state index in [0.717, 1.165) is 0 Å². The van der Waals surface area contributed by atoms with E-state index in [1.54, 1.807) is 0 Å². The summed E-state index contributed by atoms with van der Waals surface area (Å²) >= 11 is 0. The summed E-state index contributed by atoms with van der Waals surface area (Å²) in [4.78, 5) is 0. The van der Waals surface area contributed by atoms with Crippen molar-refractivity contribution in [2.75, 3.05) is 0 Å². The maximum absolute atomic E-state index is 0. The molecule has 9 heteroatoms. The van der Waals surface area contributed by atoms with Gasteiger partial charge in [-0.1, -0.05) is 0 Å². The van der Waals surface area contributed by atoms with Crippen molar-refractivity contribution in [3.8, 4) is 0 Å². The van der Waals surface area contributed by atoms with Crippen LogP contribution in [0, 0.1) is 83.5 Å². The van der Waals surface area contributed by atoms with E-state index < -0.39 is 0 Å². The normalized spacial score (nSPS) is 0. The summed E-state index contributed by atoms with van der Waals surface area (Å²) in [5, 5.41) is 0. The summed E-state index contributed by atoms with van der Waals surface area (Å²) in [5.74, 6) is 0. The zero-order valence-electron chi connectivity index (χ0n) is 3.21. The molecule has 9 heavy (non-hydrogen) atoms. The molecule has 0 radical (unpaired) electrons. The maximum atomic E-state index is 0. The first-order valence-electron chi connectivity index (χ1n) is 0. The molecule has 0 bridgehead atoms. The third-order valence-corrected chi connectivity index (χ3v) is 0. The average Bonchev–Trinajstić information content (AvgIpc) is 0. The van der Waals surface area contributed by atoms with Crippen LogP contribution in [0.1, 0.15) is 0 Å². The largest absolute Gasteiger partial charge is 0 e. The SMILES string of the molecule is [Ce].[Ce].[Ni].[Ni].[Ni].[Ni].[Ni].[Ni].[Ni]. The van der Waals surface area contributed by atoms with E-state index in [2.05, 4.69) is 0 Å². The van der Waals surface area contributed by atoms with Gasteiger partial charge in [-0.2, -0.15) is 0 Å². The van der Waals surface area contributed by atoms with E-state index >= 15 is 0 Å². The summed E-state index contributed by atoms with van der Waals surface area (Å²) in [7, 11) is 0. The second-order valence-electron chi connectivity index (χ2n) is 0. The quantitative estimate of drug-likeness (QED) is 0.314. The van der Waals surface area contributed by atoms with Gasteiger partial charge in [-0.05, 0) is 0 Å².